The van der Waals surface area contributed by atoms with E-state index in [0.717, 1.165) is 25.9 Å². The minimum Gasteiger partial charge on any atom is -0.467 e. The second kappa shape index (κ2) is 5.35. The fraction of sp³-hybridized carbons (Fsp3) is 0.700. The van der Waals surface area contributed by atoms with Gasteiger partial charge in [-0.2, -0.15) is 9.97 Å². The highest BCUT2D eigenvalue weighted by Crippen LogP contribution is 2.22. The van der Waals surface area contributed by atoms with Crippen molar-refractivity contribution in [2.45, 2.75) is 18.2 Å². The Balaban J connectivity index is 2.19. The first-order valence-electron chi connectivity index (χ1n) is 5.46. The molecule has 0 N–H and O–H groups in total. The number of methoxy groups -OCH3 is 2. The number of anilines is 1. The van der Waals surface area contributed by atoms with E-state index in [9.17, 15) is 0 Å². The van der Waals surface area contributed by atoms with Gasteiger partial charge in [-0.3, -0.25) is 0 Å². The number of rotatable bonds is 3. The number of hydrogen-bond donors (Lipinski definition) is 0. The SMILES string of the molecule is COc1nc(OC)nc(N2CCC(Cl)CC2)n1. The van der Waals surface area contributed by atoms with E-state index < -0.39 is 0 Å². The summed E-state index contributed by atoms with van der Waals surface area (Å²) in [6.07, 6.45) is 1.86. The third-order valence-corrected chi connectivity index (χ3v) is 3.09. The molecule has 0 radical (unpaired) electrons. The molecule has 1 fully saturated rings. The van der Waals surface area contributed by atoms with E-state index in [1.165, 1.54) is 14.2 Å². The second-order valence-corrected chi connectivity index (χ2v) is 4.39. The highest BCUT2D eigenvalue weighted by atomic mass is 35.5. The Labute approximate surface area is 105 Å². The van der Waals surface area contributed by atoms with Gasteiger partial charge in [0.2, 0.25) is 5.95 Å². The smallest absolute Gasteiger partial charge is 0.324 e. The van der Waals surface area contributed by atoms with E-state index in [2.05, 4.69) is 19.9 Å². The fourth-order valence-electron chi connectivity index (χ4n) is 1.70. The summed E-state index contributed by atoms with van der Waals surface area (Å²) < 4.78 is 10.0. The van der Waals surface area contributed by atoms with Gasteiger partial charge in [-0.05, 0) is 12.8 Å². The molecule has 1 aromatic heterocycles. The zero-order valence-corrected chi connectivity index (χ0v) is 10.6. The molecule has 0 unspecified atom stereocenters. The number of hydrogen-bond acceptors (Lipinski definition) is 6. The maximum absolute atomic E-state index is 6.06. The molecule has 7 heteroatoms. The molecule has 0 saturated carbocycles. The van der Waals surface area contributed by atoms with Gasteiger partial charge in [-0.1, -0.05) is 0 Å². The van der Waals surface area contributed by atoms with Crippen molar-refractivity contribution >= 4 is 17.5 Å². The minimum absolute atomic E-state index is 0.247. The molecular formula is C10H15ClN4O2. The molecule has 94 valence electrons. The Morgan fingerprint density at radius 1 is 1.06 bits per heavy atom. The average molecular weight is 259 g/mol. The number of aromatic nitrogens is 3. The highest BCUT2D eigenvalue weighted by molar-refractivity contribution is 6.20. The summed E-state index contributed by atoms with van der Waals surface area (Å²) in [5.41, 5.74) is 0. The van der Waals surface area contributed by atoms with Crippen LogP contribution in [0.1, 0.15) is 12.8 Å². The van der Waals surface area contributed by atoms with Crippen molar-refractivity contribution in [3.05, 3.63) is 0 Å². The van der Waals surface area contributed by atoms with Gasteiger partial charge in [-0.15, -0.1) is 16.6 Å². The molecule has 2 heterocycles. The predicted molar refractivity (Wildman–Crippen MR) is 64.0 cm³/mol. The lowest BCUT2D eigenvalue weighted by atomic mass is 10.1. The van der Waals surface area contributed by atoms with Gasteiger partial charge in [0.05, 0.1) is 14.2 Å². The molecule has 1 aliphatic heterocycles. The normalized spacial score (nSPS) is 17.0. The Morgan fingerprint density at radius 3 is 2.06 bits per heavy atom. The standard InChI is InChI=1S/C10H15ClN4O2/c1-16-9-12-8(13-10(14-9)17-2)15-5-3-7(11)4-6-15/h7H,3-6H2,1-2H3. The molecule has 1 saturated heterocycles. The summed E-state index contributed by atoms with van der Waals surface area (Å²) >= 11 is 6.06. The molecule has 0 aromatic carbocycles. The van der Waals surface area contributed by atoms with E-state index in [1.807, 2.05) is 0 Å². The van der Waals surface area contributed by atoms with Crippen molar-refractivity contribution in [3.63, 3.8) is 0 Å². The van der Waals surface area contributed by atoms with Crippen LogP contribution in [0, 0.1) is 0 Å². The van der Waals surface area contributed by atoms with E-state index in [-0.39, 0.29) is 17.4 Å². The average Bonchev–Trinajstić information content (AvgIpc) is 2.39. The van der Waals surface area contributed by atoms with Gasteiger partial charge in [0.1, 0.15) is 0 Å². The molecule has 1 aliphatic rings. The molecular weight excluding hydrogens is 244 g/mol. The second-order valence-electron chi connectivity index (χ2n) is 3.77. The zero-order chi connectivity index (χ0) is 12.3. The molecule has 6 nitrogen and oxygen atoms in total. The molecule has 0 amide bonds. The molecule has 0 aliphatic carbocycles. The van der Waals surface area contributed by atoms with Crippen LogP contribution in [0.25, 0.3) is 0 Å². The highest BCUT2D eigenvalue weighted by Gasteiger charge is 2.20. The van der Waals surface area contributed by atoms with Gasteiger partial charge in [0.25, 0.3) is 0 Å². The molecule has 0 bridgehead atoms. The Hall–Kier alpha value is -1.30. The van der Waals surface area contributed by atoms with Crippen LogP contribution in [0.3, 0.4) is 0 Å². The maximum Gasteiger partial charge on any atom is 0.324 e. The van der Waals surface area contributed by atoms with Gasteiger partial charge >= 0.3 is 12.0 Å². The summed E-state index contributed by atoms with van der Waals surface area (Å²) in [7, 11) is 3.03. The third-order valence-electron chi connectivity index (χ3n) is 2.66. The Morgan fingerprint density at radius 2 is 1.59 bits per heavy atom. The quantitative estimate of drug-likeness (QED) is 0.757. The lowest BCUT2D eigenvalue weighted by molar-refractivity contribution is 0.339. The first-order chi connectivity index (χ1) is 8.22. The van der Waals surface area contributed by atoms with Crippen LogP contribution >= 0.6 is 11.6 Å². The van der Waals surface area contributed by atoms with Gasteiger partial charge in [-0.25, -0.2) is 0 Å². The van der Waals surface area contributed by atoms with Crippen LogP contribution in [0.15, 0.2) is 0 Å². The summed E-state index contributed by atoms with van der Waals surface area (Å²) in [4.78, 5) is 14.4. The number of halogens is 1. The van der Waals surface area contributed by atoms with Crippen molar-refractivity contribution in [3.8, 4) is 12.0 Å². The lowest BCUT2D eigenvalue weighted by Gasteiger charge is -2.29. The number of piperidine rings is 1. The van der Waals surface area contributed by atoms with Crippen molar-refractivity contribution < 1.29 is 9.47 Å². The van der Waals surface area contributed by atoms with E-state index in [1.54, 1.807) is 0 Å². The third kappa shape index (κ3) is 2.88. The van der Waals surface area contributed by atoms with Crippen LogP contribution in [0.5, 0.6) is 12.0 Å². The molecule has 2 rings (SSSR count). The number of alkyl halides is 1. The lowest BCUT2D eigenvalue weighted by Crippen LogP contribution is -2.35. The molecule has 17 heavy (non-hydrogen) atoms. The summed E-state index contributed by atoms with van der Waals surface area (Å²) in [6, 6.07) is 0.527. The monoisotopic (exact) mass is 258 g/mol. The van der Waals surface area contributed by atoms with Gasteiger partial charge in [0, 0.05) is 18.5 Å². The molecule has 0 atom stereocenters. The first-order valence-corrected chi connectivity index (χ1v) is 5.89. The van der Waals surface area contributed by atoms with Crippen LogP contribution < -0.4 is 14.4 Å². The van der Waals surface area contributed by atoms with Gasteiger partial charge < -0.3 is 14.4 Å². The summed E-state index contributed by atoms with van der Waals surface area (Å²) in [5.74, 6) is 0.581. The van der Waals surface area contributed by atoms with Crippen molar-refractivity contribution in [1.29, 1.82) is 0 Å². The number of ether oxygens (including phenoxy) is 2. The summed E-state index contributed by atoms with van der Waals surface area (Å²) in [6.45, 7) is 1.68. The van der Waals surface area contributed by atoms with Crippen molar-refractivity contribution in [2.24, 2.45) is 0 Å². The van der Waals surface area contributed by atoms with Gasteiger partial charge in [0.15, 0.2) is 0 Å². The minimum atomic E-state index is 0.247. The van der Waals surface area contributed by atoms with E-state index >= 15 is 0 Å². The van der Waals surface area contributed by atoms with Crippen molar-refractivity contribution in [1.82, 2.24) is 15.0 Å². The van der Waals surface area contributed by atoms with E-state index in [4.69, 9.17) is 21.1 Å². The fourth-order valence-corrected chi connectivity index (χ4v) is 1.90. The topological polar surface area (TPSA) is 60.4 Å². The zero-order valence-electron chi connectivity index (χ0n) is 9.89. The Bertz CT molecular complexity index is 360. The van der Waals surface area contributed by atoms with Crippen LogP contribution in [-0.4, -0.2) is 47.6 Å². The maximum atomic E-state index is 6.06. The van der Waals surface area contributed by atoms with Crippen LogP contribution in [0.4, 0.5) is 5.95 Å². The molecule has 0 spiro atoms. The van der Waals surface area contributed by atoms with E-state index in [0.29, 0.717) is 5.95 Å². The first kappa shape index (κ1) is 12.2. The largest absolute Gasteiger partial charge is 0.467 e. The van der Waals surface area contributed by atoms with Crippen LogP contribution in [-0.2, 0) is 0 Å². The van der Waals surface area contributed by atoms with Crippen molar-refractivity contribution in [2.75, 3.05) is 32.2 Å². The Kier molecular flexibility index (Phi) is 3.83. The number of nitrogens with zero attached hydrogens (tertiary/aromatic N) is 4. The molecule has 1 aromatic rings. The van der Waals surface area contributed by atoms with Crippen LogP contribution in [0.2, 0.25) is 0 Å². The summed E-state index contributed by atoms with van der Waals surface area (Å²) in [5, 5.41) is 0.247. The predicted octanol–water partition coefficient (Wildman–Crippen LogP) is 1.10.